The highest BCUT2D eigenvalue weighted by molar-refractivity contribution is 7.89. The van der Waals surface area contributed by atoms with Gasteiger partial charge in [0.1, 0.15) is 21.7 Å². The number of ether oxygens (including phenoxy) is 1. The first kappa shape index (κ1) is 17.0. The number of hydrogen-bond acceptors (Lipinski definition) is 5. The van der Waals surface area contributed by atoms with Crippen LogP contribution in [-0.4, -0.2) is 38.9 Å². The minimum absolute atomic E-state index is 0.0947. The third-order valence-corrected chi connectivity index (χ3v) is 5.71. The summed E-state index contributed by atoms with van der Waals surface area (Å²) >= 11 is 1.04. The van der Waals surface area contributed by atoms with Gasteiger partial charge in [0.25, 0.3) is 5.91 Å². The van der Waals surface area contributed by atoms with Gasteiger partial charge in [-0.3, -0.25) is 4.79 Å². The van der Waals surface area contributed by atoms with E-state index in [-0.39, 0.29) is 28.2 Å². The number of halogens is 1. The van der Waals surface area contributed by atoms with Crippen molar-refractivity contribution in [1.82, 2.24) is 4.90 Å². The summed E-state index contributed by atoms with van der Waals surface area (Å²) in [4.78, 5) is 14.1. The van der Waals surface area contributed by atoms with E-state index in [4.69, 9.17) is 9.88 Å². The van der Waals surface area contributed by atoms with Crippen molar-refractivity contribution in [2.45, 2.75) is 11.0 Å². The molecule has 2 N–H and O–H groups in total. The summed E-state index contributed by atoms with van der Waals surface area (Å²) in [6, 6.07) is 7.20. The Morgan fingerprint density at radius 2 is 2.00 bits per heavy atom. The lowest BCUT2D eigenvalue weighted by molar-refractivity contribution is -0.0227. The Kier molecular flexibility index (Phi) is 4.68. The van der Waals surface area contributed by atoms with Crippen LogP contribution in [0.25, 0.3) is 0 Å². The lowest BCUT2D eigenvalue weighted by Crippen LogP contribution is -2.42. The van der Waals surface area contributed by atoms with E-state index in [1.807, 2.05) is 0 Å². The lowest BCUT2D eigenvalue weighted by atomic mass is 10.1. The molecule has 1 aliphatic heterocycles. The van der Waals surface area contributed by atoms with Crippen LogP contribution in [0.3, 0.4) is 0 Å². The first-order valence-corrected chi connectivity index (χ1v) is 9.55. The third kappa shape index (κ3) is 3.48. The fourth-order valence-corrected chi connectivity index (χ4v) is 4.47. The van der Waals surface area contributed by atoms with E-state index in [0.717, 1.165) is 16.9 Å². The predicted octanol–water partition coefficient (Wildman–Crippen LogP) is 1.75. The van der Waals surface area contributed by atoms with E-state index in [1.165, 1.54) is 28.5 Å². The normalized spacial score (nSPS) is 18.6. The number of thiophene rings is 1. The first-order chi connectivity index (χ1) is 11.4. The second-order valence-electron chi connectivity index (χ2n) is 5.32. The van der Waals surface area contributed by atoms with Gasteiger partial charge in [-0.1, -0.05) is 12.1 Å². The average Bonchev–Trinajstić information content (AvgIpc) is 3.05. The smallest absolute Gasteiger partial charge is 0.265 e. The topological polar surface area (TPSA) is 89.7 Å². The fraction of sp³-hybridized carbons (Fsp3) is 0.267. The fourth-order valence-electron chi connectivity index (χ4n) is 2.53. The third-order valence-electron chi connectivity index (χ3n) is 3.73. The van der Waals surface area contributed by atoms with Gasteiger partial charge in [0, 0.05) is 6.54 Å². The molecule has 0 spiro atoms. The second kappa shape index (κ2) is 6.60. The molecule has 2 aromatic rings. The van der Waals surface area contributed by atoms with E-state index in [0.29, 0.717) is 13.2 Å². The first-order valence-electron chi connectivity index (χ1n) is 7.13. The van der Waals surface area contributed by atoms with Crippen LogP contribution in [0.4, 0.5) is 4.39 Å². The summed E-state index contributed by atoms with van der Waals surface area (Å²) in [7, 11) is -3.95. The number of rotatable bonds is 3. The predicted molar refractivity (Wildman–Crippen MR) is 86.7 cm³/mol. The Morgan fingerprint density at radius 3 is 2.67 bits per heavy atom. The number of nitrogens with two attached hydrogens (primary N) is 1. The minimum Gasteiger partial charge on any atom is -0.370 e. The SMILES string of the molecule is NS(=O)(=O)c1ccsc1C(=O)N1CCO[C@@H](c2ccc(F)cc2)C1. The van der Waals surface area contributed by atoms with Gasteiger partial charge in [-0.2, -0.15) is 0 Å². The number of carbonyl (C=O) groups excluding carboxylic acids is 1. The molecule has 0 aliphatic carbocycles. The molecule has 24 heavy (non-hydrogen) atoms. The molecule has 6 nitrogen and oxygen atoms in total. The molecule has 2 heterocycles. The quantitative estimate of drug-likeness (QED) is 0.891. The number of nitrogens with zero attached hydrogens (tertiary/aromatic N) is 1. The van der Waals surface area contributed by atoms with E-state index < -0.39 is 15.9 Å². The van der Waals surface area contributed by atoms with Crippen LogP contribution in [0.2, 0.25) is 0 Å². The molecule has 1 aliphatic rings. The monoisotopic (exact) mass is 370 g/mol. The van der Waals surface area contributed by atoms with Crippen molar-refractivity contribution in [2.75, 3.05) is 19.7 Å². The number of primary sulfonamides is 1. The maximum Gasteiger partial charge on any atom is 0.265 e. The lowest BCUT2D eigenvalue weighted by Gasteiger charge is -2.33. The van der Waals surface area contributed by atoms with E-state index >= 15 is 0 Å². The number of sulfonamides is 1. The molecule has 9 heteroatoms. The minimum atomic E-state index is -3.95. The summed E-state index contributed by atoms with van der Waals surface area (Å²) < 4.78 is 41.8. The van der Waals surface area contributed by atoms with Gasteiger partial charge in [0.15, 0.2) is 0 Å². The zero-order valence-corrected chi connectivity index (χ0v) is 14.1. The van der Waals surface area contributed by atoms with Crippen LogP contribution in [0.5, 0.6) is 0 Å². The Hall–Kier alpha value is -1.81. The van der Waals surface area contributed by atoms with Gasteiger partial charge in [-0.25, -0.2) is 17.9 Å². The van der Waals surface area contributed by atoms with Crippen molar-refractivity contribution < 1.29 is 22.3 Å². The number of benzene rings is 1. The zero-order chi connectivity index (χ0) is 17.3. The summed E-state index contributed by atoms with van der Waals surface area (Å²) in [5.74, 6) is -0.747. The van der Waals surface area contributed by atoms with Crippen LogP contribution in [0.1, 0.15) is 21.3 Å². The summed E-state index contributed by atoms with van der Waals surface area (Å²) in [6.07, 6.45) is -0.388. The zero-order valence-electron chi connectivity index (χ0n) is 12.5. The molecule has 1 amide bonds. The molecule has 1 aromatic heterocycles. The summed E-state index contributed by atoms with van der Waals surface area (Å²) in [5, 5.41) is 6.67. The molecule has 0 bridgehead atoms. The van der Waals surface area contributed by atoms with Gasteiger partial charge in [-0.15, -0.1) is 11.3 Å². The number of hydrogen-bond donors (Lipinski definition) is 1. The largest absolute Gasteiger partial charge is 0.370 e. The van der Waals surface area contributed by atoms with Crippen LogP contribution >= 0.6 is 11.3 Å². The van der Waals surface area contributed by atoms with Crippen molar-refractivity contribution in [1.29, 1.82) is 0 Å². The molecule has 3 rings (SSSR count). The Balaban J connectivity index is 1.81. The Bertz CT molecular complexity index is 849. The molecule has 1 atom stereocenters. The molecule has 1 saturated heterocycles. The van der Waals surface area contributed by atoms with Crippen molar-refractivity contribution >= 4 is 27.3 Å². The Labute approximate surface area is 142 Å². The highest BCUT2D eigenvalue weighted by atomic mass is 32.2. The average molecular weight is 370 g/mol. The van der Waals surface area contributed by atoms with Crippen molar-refractivity contribution in [3.63, 3.8) is 0 Å². The van der Waals surface area contributed by atoms with Gasteiger partial charge in [0.05, 0.1) is 13.2 Å². The number of carbonyl (C=O) groups is 1. The van der Waals surface area contributed by atoms with Crippen molar-refractivity contribution in [3.05, 3.63) is 52.0 Å². The molecule has 128 valence electrons. The standard InChI is InChI=1S/C15H15FN2O4S2/c16-11-3-1-10(2-4-11)12-9-18(6-7-22-12)15(19)14-13(5-8-23-14)24(17,20)21/h1-5,8,12H,6-7,9H2,(H2,17,20,21)/t12-/m1/s1. The maximum absolute atomic E-state index is 13.0. The van der Waals surface area contributed by atoms with E-state index in [2.05, 4.69) is 0 Å². The summed E-state index contributed by atoms with van der Waals surface area (Å²) in [5.41, 5.74) is 0.756. The molecule has 1 aromatic carbocycles. The highest BCUT2D eigenvalue weighted by Crippen LogP contribution is 2.27. The summed E-state index contributed by atoms with van der Waals surface area (Å²) in [6.45, 7) is 0.911. The molecule has 0 radical (unpaired) electrons. The van der Waals surface area contributed by atoms with Crippen LogP contribution < -0.4 is 5.14 Å². The van der Waals surface area contributed by atoms with Crippen LogP contribution in [-0.2, 0) is 14.8 Å². The van der Waals surface area contributed by atoms with Crippen molar-refractivity contribution in [2.24, 2.45) is 5.14 Å². The molecular formula is C15H15FN2O4S2. The van der Waals surface area contributed by atoms with Gasteiger partial charge < -0.3 is 9.64 Å². The molecule has 0 saturated carbocycles. The Morgan fingerprint density at radius 1 is 1.29 bits per heavy atom. The second-order valence-corrected chi connectivity index (χ2v) is 7.77. The van der Waals surface area contributed by atoms with Crippen LogP contribution in [0, 0.1) is 5.82 Å². The molecule has 1 fully saturated rings. The number of amides is 1. The molecular weight excluding hydrogens is 355 g/mol. The molecule has 0 unspecified atom stereocenters. The van der Waals surface area contributed by atoms with Gasteiger partial charge in [-0.05, 0) is 29.1 Å². The van der Waals surface area contributed by atoms with Crippen LogP contribution in [0.15, 0.2) is 40.6 Å². The van der Waals surface area contributed by atoms with E-state index in [1.54, 1.807) is 12.1 Å². The number of morpholine rings is 1. The highest BCUT2D eigenvalue weighted by Gasteiger charge is 2.30. The van der Waals surface area contributed by atoms with Gasteiger partial charge >= 0.3 is 0 Å². The van der Waals surface area contributed by atoms with E-state index in [9.17, 15) is 17.6 Å². The maximum atomic E-state index is 13.0. The van der Waals surface area contributed by atoms with Crippen molar-refractivity contribution in [3.8, 4) is 0 Å². The van der Waals surface area contributed by atoms with Gasteiger partial charge in [0.2, 0.25) is 10.0 Å².